The van der Waals surface area contributed by atoms with Crippen molar-refractivity contribution in [1.29, 1.82) is 0 Å². The Kier molecular flexibility index (Phi) is 4.71. The maximum atomic E-state index is 11.8. The number of allylic oxidation sites excluding steroid dienone is 2. The monoisotopic (exact) mass is 224 g/mol. The second-order valence-electron chi connectivity index (χ2n) is 4.31. The van der Waals surface area contributed by atoms with E-state index < -0.39 is 0 Å². The van der Waals surface area contributed by atoms with Crippen molar-refractivity contribution in [3.63, 3.8) is 0 Å². The van der Waals surface area contributed by atoms with E-state index in [0.29, 0.717) is 19.5 Å². The van der Waals surface area contributed by atoms with Crippen molar-refractivity contribution in [3.05, 3.63) is 24.3 Å². The number of nitrogens with one attached hydrogen (secondary N) is 1. The summed E-state index contributed by atoms with van der Waals surface area (Å²) in [5, 5.41) is 12.3. The molecule has 90 valence electrons. The normalized spacial score (nSPS) is 26.8. The molecule has 0 aliphatic carbocycles. The summed E-state index contributed by atoms with van der Waals surface area (Å²) < 4.78 is 0. The van der Waals surface area contributed by atoms with Crippen molar-refractivity contribution in [1.82, 2.24) is 10.2 Å². The summed E-state index contributed by atoms with van der Waals surface area (Å²) in [7, 11) is 1.85. The summed E-state index contributed by atoms with van der Waals surface area (Å²) in [6, 6.07) is -0.202. The molecular formula is C12H20N2O2. The molecule has 0 aromatic rings. The molecule has 1 aliphatic rings. The summed E-state index contributed by atoms with van der Waals surface area (Å²) in [6.07, 6.45) is 3.71. The van der Waals surface area contributed by atoms with Gasteiger partial charge in [-0.05, 0) is 20.4 Å². The second-order valence-corrected chi connectivity index (χ2v) is 4.31. The van der Waals surface area contributed by atoms with E-state index in [9.17, 15) is 9.90 Å². The van der Waals surface area contributed by atoms with E-state index in [4.69, 9.17) is 0 Å². The molecule has 0 spiro atoms. The molecule has 2 N–H and O–H groups in total. The largest absolute Gasteiger partial charge is 0.392 e. The Morgan fingerprint density at radius 2 is 2.38 bits per heavy atom. The number of carbonyl (C=O) groups is 1. The van der Waals surface area contributed by atoms with Crippen LogP contribution in [0.5, 0.6) is 0 Å². The van der Waals surface area contributed by atoms with Gasteiger partial charge < -0.3 is 10.4 Å². The molecule has 4 nitrogen and oxygen atoms in total. The number of rotatable bonds is 4. The fraction of sp³-hybridized carbons (Fsp3) is 0.583. The van der Waals surface area contributed by atoms with E-state index in [1.165, 1.54) is 0 Å². The lowest BCUT2D eigenvalue weighted by Gasteiger charge is -2.18. The Labute approximate surface area is 96.6 Å². The van der Waals surface area contributed by atoms with Crippen molar-refractivity contribution < 1.29 is 9.90 Å². The molecule has 0 radical (unpaired) electrons. The van der Waals surface area contributed by atoms with Gasteiger partial charge in [-0.15, -0.1) is 0 Å². The zero-order valence-corrected chi connectivity index (χ0v) is 9.94. The zero-order valence-electron chi connectivity index (χ0n) is 9.94. The predicted molar refractivity (Wildman–Crippen MR) is 64.0 cm³/mol. The number of aliphatic hydroxyl groups excluding tert-OH is 1. The zero-order chi connectivity index (χ0) is 12.1. The van der Waals surface area contributed by atoms with Crippen LogP contribution in [0.1, 0.15) is 13.3 Å². The average molecular weight is 224 g/mol. The third kappa shape index (κ3) is 3.47. The first-order valence-electron chi connectivity index (χ1n) is 5.48. The van der Waals surface area contributed by atoms with Gasteiger partial charge in [-0.1, -0.05) is 24.3 Å². The number of aliphatic hydroxyl groups is 1. The standard InChI is InChI=1S/C12H20N2O2/c1-4-5-9(2)7-13-12(16)11-6-10(15)8-14(11)3/h4-5,10-11,15H,1,6-8H2,2-3H3,(H,13,16)/b9-5+/t10-,11+/m1/s1. The maximum absolute atomic E-state index is 11.8. The van der Waals surface area contributed by atoms with Gasteiger partial charge in [0.1, 0.15) is 0 Å². The maximum Gasteiger partial charge on any atom is 0.237 e. The average Bonchev–Trinajstić information content (AvgIpc) is 2.55. The Morgan fingerprint density at radius 3 is 2.88 bits per heavy atom. The van der Waals surface area contributed by atoms with Crippen molar-refractivity contribution in [3.8, 4) is 0 Å². The third-order valence-electron chi connectivity index (χ3n) is 2.77. The third-order valence-corrected chi connectivity index (χ3v) is 2.77. The van der Waals surface area contributed by atoms with E-state index in [2.05, 4.69) is 11.9 Å². The van der Waals surface area contributed by atoms with Crippen LogP contribution in [-0.2, 0) is 4.79 Å². The number of β-amino-alcohol motifs (C(OH)–C–C–N with tert-alkyl or cyclic N) is 1. The van der Waals surface area contributed by atoms with Crippen LogP contribution in [0.25, 0.3) is 0 Å². The minimum atomic E-state index is -0.384. The lowest BCUT2D eigenvalue weighted by Crippen LogP contribution is -2.41. The predicted octanol–water partition coefficient (Wildman–Crippen LogP) is 0.300. The lowest BCUT2D eigenvalue weighted by molar-refractivity contribution is -0.124. The quantitative estimate of drug-likeness (QED) is 0.675. The summed E-state index contributed by atoms with van der Waals surface area (Å²) in [4.78, 5) is 13.7. The summed E-state index contributed by atoms with van der Waals surface area (Å²) >= 11 is 0. The molecule has 0 unspecified atom stereocenters. The Morgan fingerprint density at radius 1 is 1.69 bits per heavy atom. The number of hydrogen-bond acceptors (Lipinski definition) is 3. The first kappa shape index (κ1) is 12.9. The highest BCUT2D eigenvalue weighted by Gasteiger charge is 2.32. The molecule has 0 aromatic heterocycles. The molecule has 1 rings (SSSR count). The van der Waals surface area contributed by atoms with Crippen molar-refractivity contribution in [2.24, 2.45) is 0 Å². The minimum Gasteiger partial charge on any atom is -0.392 e. The van der Waals surface area contributed by atoms with Gasteiger partial charge in [-0.2, -0.15) is 0 Å². The number of amides is 1. The fourth-order valence-corrected chi connectivity index (χ4v) is 1.88. The molecule has 1 aliphatic heterocycles. The lowest BCUT2D eigenvalue weighted by atomic mass is 10.2. The molecule has 1 heterocycles. The molecule has 1 fully saturated rings. The topological polar surface area (TPSA) is 52.6 Å². The van der Waals surface area contributed by atoms with E-state index in [1.54, 1.807) is 6.08 Å². The van der Waals surface area contributed by atoms with Crippen LogP contribution in [0.2, 0.25) is 0 Å². The van der Waals surface area contributed by atoms with Crippen LogP contribution >= 0.6 is 0 Å². The molecule has 1 saturated heterocycles. The number of hydrogen-bond donors (Lipinski definition) is 2. The summed E-state index contributed by atoms with van der Waals surface area (Å²) in [6.45, 7) is 6.64. The molecule has 2 atom stereocenters. The van der Waals surface area contributed by atoms with Crippen LogP contribution in [0.4, 0.5) is 0 Å². The Balaban J connectivity index is 2.41. The Bertz CT molecular complexity index is 299. The van der Waals surface area contributed by atoms with E-state index in [1.807, 2.05) is 24.9 Å². The van der Waals surface area contributed by atoms with Crippen LogP contribution in [0, 0.1) is 0 Å². The molecule has 0 bridgehead atoms. The number of likely N-dealkylation sites (N-methyl/N-ethyl adjacent to an activating group) is 1. The molecule has 0 aromatic carbocycles. The molecule has 16 heavy (non-hydrogen) atoms. The van der Waals surface area contributed by atoms with E-state index in [-0.39, 0.29) is 18.1 Å². The van der Waals surface area contributed by atoms with Gasteiger partial charge in [0.25, 0.3) is 0 Å². The van der Waals surface area contributed by atoms with Crippen molar-refractivity contribution in [2.45, 2.75) is 25.5 Å². The second kappa shape index (κ2) is 5.82. The van der Waals surface area contributed by atoms with Gasteiger partial charge in [-0.25, -0.2) is 0 Å². The molecular weight excluding hydrogens is 204 g/mol. The van der Waals surface area contributed by atoms with E-state index in [0.717, 1.165) is 5.57 Å². The minimum absolute atomic E-state index is 0.0177. The molecule has 0 saturated carbocycles. The smallest absolute Gasteiger partial charge is 0.237 e. The first-order valence-corrected chi connectivity index (χ1v) is 5.48. The van der Waals surface area contributed by atoms with Gasteiger partial charge in [0.2, 0.25) is 5.91 Å². The SMILES string of the molecule is C=C/C=C(\C)CNC(=O)[C@@H]1C[C@@H](O)CN1C. The summed E-state index contributed by atoms with van der Waals surface area (Å²) in [5.41, 5.74) is 1.06. The van der Waals surface area contributed by atoms with Gasteiger partial charge in [0.15, 0.2) is 0 Å². The molecule has 4 heteroatoms. The molecule has 1 amide bonds. The van der Waals surface area contributed by atoms with Crippen LogP contribution in [0.15, 0.2) is 24.3 Å². The fourth-order valence-electron chi connectivity index (χ4n) is 1.88. The van der Waals surface area contributed by atoms with Crippen LogP contribution in [0.3, 0.4) is 0 Å². The highest BCUT2D eigenvalue weighted by Crippen LogP contribution is 2.15. The van der Waals surface area contributed by atoms with Crippen molar-refractivity contribution >= 4 is 5.91 Å². The summed E-state index contributed by atoms with van der Waals surface area (Å²) in [5.74, 6) is -0.0177. The van der Waals surface area contributed by atoms with Crippen molar-refractivity contribution in [2.75, 3.05) is 20.1 Å². The Hall–Kier alpha value is -1.13. The van der Waals surface area contributed by atoms with Gasteiger partial charge >= 0.3 is 0 Å². The number of nitrogens with zero attached hydrogens (tertiary/aromatic N) is 1. The first-order chi connectivity index (χ1) is 7.54. The van der Waals surface area contributed by atoms with Crippen LogP contribution < -0.4 is 5.32 Å². The van der Waals surface area contributed by atoms with Gasteiger partial charge in [0, 0.05) is 13.1 Å². The van der Waals surface area contributed by atoms with Gasteiger partial charge in [0.05, 0.1) is 12.1 Å². The number of carbonyl (C=O) groups excluding carboxylic acids is 1. The van der Waals surface area contributed by atoms with E-state index >= 15 is 0 Å². The van der Waals surface area contributed by atoms with Gasteiger partial charge in [-0.3, -0.25) is 9.69 Å². The van der Waals surface area contributed by atoms with Crippen LogP contribution in [-0.4, -0.2) is 48.2 Å². The highest BCUT2D eigenvalue weighted by atomic mass is 16.3. The number of likely N-dealkylation sites (tertiary alicyclic amines) is 1. The highest BCUT2D eigenvalue weighted by molar-refractivity contribution is 5.82.